The SMILES string of the molecule is C=C1C=C(c2ccccc2)CN(C(/C=C\C=C/N)=C\Cc2ccccc2)c2ccc(-c3ccccc3)cc21.CC. The maximum Gasteiger partial charge on any atom is 0.0493 e. The standard InChI is InChI=1S/C36H32N2.C2H6/c1-28-25-33(31-17-9-4-10-18-31)27-38(34(19-11-12-24-37)22-20-29-13-5-2-6-14-29)36-23-21-32(26-35(28)36)30-15-7-3-8-16-30;1-2/h2-19,21-26H,1,20,27,37H2;1-2H3/b19-11-,24-12-,34-22-;. The summed E-state index contributed by atoms with van der Waals surface area (Å²) in [5, 5.41) is 0. The van der Waals surface area contributed by atoms with Gasteiger partial charge < -0.3 is 10.6 Å². The maximum absolute atomic E-state index is 5.66. The highest BCUT2D eigenvalue weighted by Crippen LogP contribution is 2.39. The summed E-state index contributed by atoms with van der Waals surface area (Å²) in [6.07, 6.45) is 12.9. The largest absolute Gasteiger partial charge is 0.405 e. The van der Waals surface area contributed by atoms with Crippen molar-refractivity contribution in [3.8, 4) is 11.1 Å². The zero-order valence-electron chi connectivity index (χ0n) is 23.5. The second kappa shape index (κ2) is 14.4. The number of hydrogen-bond acceptors (Lipinski definition) is 2. The molecule has 0 aromatic heterocycles. The highest BCUT2D eigenvalue weighted by molar-refractivity contribution is 5.94. The maximum atomic E-state index is 5.66. The van der Waals surface area contributed by atoms with E-state index in [0.717, 1.165) is 35.5 Å². The number of allylic oxidation sites excluding steroid dienone is 6. The lowest BCUT2D eigenvalue weighted by molar-refractivity contribution is 1.04. The van der Waals surface area contributed by atoms with Crippen molar-refractivity contribution in [2.24, 2.45) is 5.73 Å². The van der Waals surface area contributed by atoms with Crippen LogP contribution in [0.5, 0.6) is 0 Å². The molecular weight excluding hydrogens is 484 g/mol. The van der Waals surface area contributed by atoms with Crippen LogP contribution in [0.4, 0.5) is 5.69 Å². The van der Waals surface area contributed by atoms with Gasteiger partial charge in [-0.2, -0.15) is 0 Å². The van der Waals surface area contributed by atoms with Crippen molar-refractivity contribution in [3.63, 3.8) is 0 Å². The highest BCUT2D eigenvalue weighted by Gasteiger charge is 2.22. The van der Waals surface area contributed by atoms with E-state index in [2.05, 4.69) is 139 Å². The van der Waals surface area contributed by atoms with Crippen LogP contribution in [0.25, 0.3) is 22.3 Å². The number of nitrogens with zero attached hydrogens (tertiary/aromatic N) is 1. The zero-order chi connectivity index (χ0) is 28.2. The van der Waals surface area contributed by atoms with Crippen molar-refractivity contribution in [3.05, 3.63) is 175 Å². The fourth-order valence-corrected chi connectivity index (χ4v) is 4.81. The minimum absolute atomic E-state index is 0.720. The van der Waals surface area contributed by atoms with Crippen molar-refractivity contribution in [2.45, 2.75) is 20.3 Å². The van der Waals surface area contributed by atoms with Crippen LogP contribution in [0, 0.1) is 0 Å². The zero-order valence-corrected chi connectivity index (χ0v) is 23.5. The Kier molecular flexibility index (Phi) is 10.1. The Balaban J connectivity index is 0.00000181. The summed E-state index contributed by atoms with van der Waals surface area (Å²) in [6.45, 7) is 9.24. The van der Waals surface area contributed by atoms with E-state index in [1.54, 1.807) is 6.20 Å². The number of nitrogens with two attached hydrogens (primary N) is 1. The Morgan fingerprint density at radius 2 is 1.40 bits per heavy atom. The van der Waals surface area contributed by atoms with Gasteiger partial charge in [-0.25, -0.2) is 0 Å². The van der Waals surface area contributed by atoms with Gasteiger partial charge in [0.1, 0.15) is 0 Å². The summed E-state index contributed by atoms with van der Waals surface area (Å²) in [5.41, 5.74) is 16.1. The van der Waals surface area contributed by atoms with E-state index in [4.69, 9.17) is 5.73 Å². The number of fused-ring (bicyclic) bond motifs is 1. The van der Waals surface area contributed by atoms with Crippen molar-refractivity contribution in [2.75, 3.05) is 11.4 Å². The molecule has 1 aliphatic rings. The number of anilines is 1. The van der Waals surface area contributed by atoms with Crippen LogP contribution in [0.3, 0.4) is 0 Å². The fraction of sp³-hybridized carbons (Fsp3) is 0.105. The predicted molar refractivity (Wildman–Crippen MR) is 175 cm³/mol. The molecule has 1 aliphatic heterocycles. The van der Waals surface area contributed by atoms with Crippen LogP contribution in [-0.4, -0.2) is 6.54 Å². The molecule has 2 nitrogen and oxygen atoms in total. The minimum atomic E-state index is 0.720. The molecule has 0 spiro atoms. The first-order valence-electron chi connectivity index (χ1n) is 13.9. The summed E-state index contributed by atoms with van der Waals surface area (Å²) < 4.78 is 0. The average Bonchev–Trinajstić information content (AvgIpc) is 3.17. The molecule has 4 aromatic carbocycles. The molecule has 5 rings (SSSR count). The molecule has 40 heavy (non-hydrogen) atoms. The van der Waals surface area contributed by atoms with Crippen LogP contribution in [0.2, 0.25) is 0 Å². The van der Waals surface area contributed by atoms with Gasteiger partial charge in [0.05, 0.1) is 0 Å². The van der Waals surface area contributed by atoms with E-state index in [-0.39, 0.29) is 0 Å². The van der Waals surface area contributed by atoms with Gasteiger partial charge in [0.2, 0.25) is 0 Å². The number of hydrogen-bond donors (Lipinski definition) is 1. The molecular formula is C38H38N2. The number of benzene rings is 4. The van der Waals surface area contributed by atoms with E-state index in [9.17, 15) is 0 Å². The Morgan fingerprint density at radius 1 is 0.775 bits per heavy atom. The molecule has 0 atom stereocenters. The van der Waals surface area contributed by atoms with Gasteiger partial charge >= 0.3 is 0 Å². The van der Waals surface area contributed by atoms with Crippen LogP contribution in [0.15, 0.2) is 158 Å². The third kappa shape index (κ3) is 6.98. The topological polar surface area (TPSA) is 29.3 Å². The lowest BCUT2D eigenvalue weighted by Gasteiger charge is -2.28. The quantitative estimate of drug-likeness (QED) is 0.245. The third-order valence-electron chi connectivity index (χ3n) is 6.75. The van der Waals surface area contributed by atoms with Gasteiger partial charge in [-0.1, -0.05) is 130 Å². The van der Waals surface area contributed by atoms with Gasteiger partial charge in [0.25, 0.3) is 0 Å². The van der Waals surface area contributed by atoms with Crippen molar-refractivity contribution in [1.29, 1.82) is 0 Å². The molecule has 200 valence electrons. The Bertz CT molecular complexity index is 1510. The van der Waals surface area contributed by atoms with Crippen LogP contribution < -0.4 is 10.6 Å². The molecule has 0 aliphatic carbocycles. The van der Waals surface area contributed by atoms with Gasteiger partial charge in [0.15, 0.2) is 0 Å². The summed E-state index contributed by atoms with van der Waals surface area (Å²) in [7, 11) is 0. The van der Waals surface area contributed by atoms with Gasteiger partial charge in [-0.05, 0) is 76.4 Å². The van der Waals surface area contributed by atoms with E-state index in [0.29, 0.717) is 0 Å². The van der Waals surface area contributed by atoms with E-state index in [1.165, 1.54) is 27.8 Å². The second-order valence-corrected chi connectivity index (χ2v) is 9.31. The first-order chi connectivity index (χ1) is 19.7. The molecule has 0 unspecified atom stereocenters. The van der Waals surface area contributed by atoms with Crippen molar-refractivity contribution in [1.82, 2.24) is 0 Å². The molecule has 2 heteroatoms. The lowest BCUT2D eigenvalue weighted by Crippen LogP contribution is -2.24. The Morgan fingerprint density at radius 3 is 2.05 bits per heavy atom. The molecule has 0 amide bonds. The molecule has 4 aromatic rings. The van der Waals surface area contributed by atoms with Gasteiger partial charge in [-0.15, -0.1) is 0 Å². The molecule has 0 saturated carbocycles. The Labute approximate surface area is 239 Å². The smallest absolute Gasteiger partial charge is 0.0493 e. The summed E-state index contributed by atoms with van der Waals surface area (Å²) in [5.74, 6) is 0. The normalized spacial score (nSPS) is 13.4. The van der Waals surface area contributed by atoms with Crippen molar-refractivity contribution < 1.29 is 0 Å². The molecule has 0 saturated heterocycles. The van der Waals surface area contributed by atoms with E-state index < -0.39 is 0 Å². The predicted octanol–water partition coefficient (Wildman–Crippen LogP) is 9.45. The fourth-order valence-electron chi connectivity index (χ4n) is 4.81. The third-order valence-corrected chi connectivity index (χ3v) is 6.75. The van der Waals surface area contributed by atoms with Crippen molar-refractivity contribution >= 4 is 16.8 Å². The van der Waals surface area contributed by atoms with Gasteiger partial charge in [0, 0.05) is 23.5 Å². The van der Waals surface area contributed by atoms with Crippen LogP contribution in [0.1, 0.15) is 30.5 Å². The first-order valence-corrected chi connectivity index (χ1v) is 13.9. The minimum Gasteiger partial charge on any atom is -0.405 e. The number of rotatable bonds is 7. The second-order valence-electron chi connectivity index (χ2n) is 9.31. The Hall–Kier alpha value is -4.82. The monoisotopic (exact) mass is 522 g/mol. The van der Waals surface area contributed by atoms with E-state index in [1.807, 2.05) is 26.0 Å². The highest BCUT2D eigenvalue weighted by atomic mass is 15.1. The summed E-state index contributed by atoms with van der Waals surface area (Å²) >= 11 is 0. The molecule has 2 N–H and O–H groups in total. The van der Waals surface area contributed by atoms with E-state index >= 15 is 0 Å². The first kappa shape index (κ1) is 28.2. The van der Waals surface area contributed by atoms with Crippen LogP contribution in [-0.2, 0) is 6.42 Å². The molecule has 1 heterocycles. The average molecular weight is 523 g/mol. The van der Waals surface area contributed by atoms with Crippen LogP contribution >= 0.6 is 0 Å². The lowest BCUT2D eigenvalue weighted by atomic mass is 9.97. The molecule has 0 fully saturated rings. The summed E-state index contributed by atoms with van der Waals surface area (Å²) in [6, 6.07) is 38.3. The molecule has 0 radical (unpaired) electrons. The molecule has 0 bridgehead atoms. The van der Waals surface area contributed by atoms with Gasteiger partial charge in [-0.3, -0.25) is 0 Å². The summed E-state index contributed by atoms with van der Waals surface area (Å²) in [4.78, 5) is 2.39.